The highest BCUT2D eigenvalue weighted by Crippen LogP contribution is 2.37. The van der Waals surface area contributed by atoms with Gasteiger partial charge < -0.3 is 9.72 Å². The van der Waals surface area contributed by atoms with E-state index < -0.39 is 0 Å². The van der Waals surface area contributed by atoms with Crippen molar-refractivity contribution in [2.75, 3.05) is 19.7 Å². The molecule has 0 amide bonds. The number of ether oxygens (including phenoxy) is 1. The zero-order valence-electron chi connectivity index (χ0n) is 17.2. The van der Waals surface area contributed by atoms with E-state index >= 15 is 0 Å². The van der Waals surface area contributed by atoms with E-state index in [1.807, 2.05) is 23.8 Å². The molecule has 156 valence electrons. The van der Waals surface area contributed by atoms with E-state index in [1.54, 1.807) is 0 Å². The molecule has 0 unspecified atom stereocenters. The monoisotopic (exact) mass is 408 g/mol. The second-order valence-electron chi connectivity index (χ2n) is 8.55. The summed E-state index contributed by atoms with van der Waals surface area (Å²) in [5.74, 6) is 0. The van der Waals surface area contributed by atoms with Gasteiger partial charge >= 0.3 is 5.69 Å². The van der Waals surface area contributed by atoms with E-state index in [0.717, 1.165) is 62.1 Å². The molecule has 6 nitrogen and oxygen atoms in total. The van der Waals surface area contributed by atoms with Crippen molar-refractivity contribution in [1.82, 2.24) is 19.4 Å². The number of rotatable bonds is 4. The Kier molecular flexibility index (Phi) is 6.52. The molecule has 1 saturated carbocycles. The summed E-state index contributed by atoms with van der Waals surface area (Å²) in [6, 6.07) is 2.24. The molecule has 4 rings (SSSR count). The average Bonchev–Trinajstić information content (AvgIpc) is 2.99. The molecule has 3 heterocycles. The van der Waals surface area contributed by atoms with Gasteiger partial charge in [-0.05, 0) is 70.9 Å². The molecule has 2 aliphatic rings. The van der Waals surface area contributed by atoms with Gasteiger partial charge in [-0.1, -0.05) is 0 Å². The van der Waals surface area contributed by atoms with Crippen LogP contribution in [0.3, 0.4) is 0 Å². The summed E-state index contributed by atoms with van der Waals surface area (Å²) in [6.07, 6.45) is 9.04. The van der Waals surface area contributed by atoms with Gasteiger partial charge in [0, 0.05) is 37.5 Å². The Morgan fingerprint density at radius 3 is 2.57 bits per heavy atom. The van der Waals surface area contributed by atoms with Crippen molar-refractivity contribution < 1.29 is 4.74 Å². The fourth-order valence-corrected chi connectivity index (χ4v) is 5.05. The smallest absolute Gasteiger partial charge is 0.327 e. The number of nitrogens with zero attached hydrogens (tertiary/aromatic N) is 3. The van der Waals surface area contributed by atoms with Crippen molar-refractivity contribution in [3.63, 3.8) is 0 Å². The van der Waals surface area contributed by atoms with E-state index in [-0.39, 0.29) is 29.7 Å². The van der Waals surface area contributed by atoms with E-state index in [2.05, 4.69) is 28.7 Å². The largest absolute Gasteiger partial charge is 0.379 e. The van der Waals surface area contributed by atoms with Crippen molar-refractivity contribution in [2.45, 2.75) is 77.0 Å². The van der Waals surface area contributed by atoms with Gasteiger partial charge in [0.15, 0.2) is 5.65 Å². The molecule has 2 aromatic heterocycles. The number of piperidine rings is 1. The minimum Gasteiger partial charge on any atom is -0.379 e. The average molecular weight is 409 g/mol. The van der Waals surface area contributed by atoms with Gasteiger partial charge in [0.25, 0.3) is 0 Å². The van der Waals surface area contributed by atoms with Crippen LogP contribution in [0.4, 0.5) is 0 Å². The topological polar surface area (TPSA) is 63.1 Å². The second-order valence-corrected chi connectivity index (χ2v) is 8.55. The zero-order chi connectivity index (χ0) is 19.0. The highest BCUT2D eigenvalue weighted by atomic mass is 35.5. The van der Waals surface area contributed by atoms with Crippen LogP contribution in [0.15, 0.2) is 17.1 Å². The van der Waals surface area contributed by atoms with Crippen LogP contribution in [-0.4, -0.2) is 50.8 Å². The number of nitrogens with one attached hydrogen (secondary N) is 1. The third-order valence-electron chi connectivity index (χ3n) is 6.70. The van der Waals surface area contributed by atoms with Crippen LogP contribution in [0, 0.1) is 6.92 Å². The van der Waals surface area contributed by atoms with Crippen LogP contribution < -0.4 is 5.69 Å². The Morgan fingerprint density at radius 2 is 1.93 bits per heavy atom. The fourth-order valence-electron chi connectivity index (χ4n) is 5.05. The van der Waals surface area contributed by atoms with Crippen LogP contribution in [0.1, 0.15) is 64.0 Å². The number of pyridine rings is 1. The summed E-state index contributed by atoms with van der Waals surface area (Å²) >= 11 is 0. The standard InChI is InChI=1S/C21H32N4O2.ClH/c1-4-27-17-5-9-21(3,10-6-17)24-11-7-16(8-12-24)25-19-18(23-20(25)26)13-15(2)14-22-19;/h13-14,16-17H,4-12H2,1-3H3,(H,23,26);1H. The van der Waals surface area contributed by atoms with Crippen molar-refractivity contribution in [3.8, 4) is 0 Å². The number of aryl methyl sites for hydroxylation is 1. The third kappa shape index (κ3) is 4.00. The quantitative estimate of drug-likeness (QED) is 0.835. The van der Waals surface area contributed by atoms with Crippen molar-refractivity contribution >= 4 is 23.6 Å². The fraction of sp³-hybridized carbons (Fsp3) is 0.714. The lowest BCUT2D eigenvalue weighted by molar-refractivity contribution is -0.0273. The molecule has 0 radical (unpaired) electrons. The van der Waals surface area contributed by atoms with Gasteiger partial charge in [-0.3, -0.25) is 9.47 Å². The highest BCUT2D eigenvalue weighted by molar-refractivity contribution is 5.85. The Hall–Kier alpha value is -1.37. The number of halogens is 1. The molecular formula is C21H33ClN4O2. The Balaban J connectivity index is 0.00000225. The number of hydrogen-bond donors (Lipinski definition) is 1. The SMILES string of the molecule is CCOC1CCC(C)(N2CCC(n3c(=O)[nH]c4cc(C)cnc43)CC2)CC1.Cl. The minimum atomic E-state index is -0.0232. The third-order valence-corrected chi connectivity index (χ3v) is 6.70. The van der Waals surface area contributed by atoms with Gasteiger partial charge in [0.2, 0.25) is 0 Å². The lowest BCUT2D eigenvalue weighted by Crippen LogP contribution is -2.53. The predicted molar refractivity (Wildman–Crippen MR) is 114 cm³/mol. The first-order valence-corrected chi connectivity index (χ1v) is 10.4. The first-order chi connectivity index (χ1) is 13.0. The summed E-state index contributed by atoms with van der Waals surface area (Å²) in [7, 11) is 0. The maximum absolute atomic E-state index is 12.5. The number of hydrogen-bond acceptors (Lipinski definition) is 4. The molecule has 0 spiro atoms. The van der Waals surface area contributed by atoms with Gasteiger partial charge in [-0.15, -0.1) is 12.4 Å². The lowest BCUT2D eigenvalue weighted by Gasteiger charge is -2.48. The van der Waals surface area contributed by atoms with Crippen molar-refractivity contribution in [1.29, 1.82) is 0 Å². The summed E-state index contributed by atoms with van der Waals surface area (Å²) in [5.41, 5.74) is 2.97. The molecule has 0 atom stereocenters. The van der Waals surface area contributed by atoms with Crippen molar-refractivity contribution in [2.24, 2.45) is 0 Å². The first-order valence-electron chi connectivity index (χ1n) is 10.4. The summed E-state index contributed by atoms with van der Waals surface area (Å²) < 4.78 is 7.71. The minimum absolute atomic E-state index is 0. The highest BCUT2D eigenvalue weighted by Gasteiger charge is 2.38. The molecule has 28 heavy (non-hydrogen) atoms. The molecule has 0 bridgehead atoms. The maximum Gasteiger partial charge on any atom is 0.327 e. The van der Waals surface area contributed by atoms with Crippen LogP contribution in [0.2, 0.25) is 0 Å². The van der Waals surface area contributed by atoms with Gasteiger partial charge in [0.05, 0.1) is 11.6 Å². The van der Waals surface area contributed by atoms with E-state index in [1.165, 1.54) is 12.8 Å². The van der Waals surface area contributed by atoms with E-state index in [4.69, 9.17) is 4.74 Å². The van der Waals surface area contributed by atoms with Gasteiger partial charge in [-0.2, -0.15) is 0 Å². The summed E-state index contributed by atoms with van der Waals surface area (Å²) in [5, 5.41) is 0. The molecule has 1 aliphatic carbocycles. The second kappa shape index (κ2) is 8.56. The number of H-pyrrole nitrogens is 1. The number of imidazole rings is 1. The van der Waals surface area contributed by atoms with Gasteiger partial charge in [0.1, 0.15) is 0 Å². The molecule has 1 saturated heterocycles. The molecule has 2 aromatic rings. The Labute approximate surface area is 173 Å². The molecular weight excluding hydrogens is 376 g/mol. The molecule has 0 aromatic carbocycles. The molecule has 1 N–H and O–H groups in total. The van der Waals surface area contributed by atoms with Crippen LogP contribution in [0.5, 0.6) is 0 Å². The van der Waals surface area contributed by atoms with Crippen molar-refractivity contribution in [3.05, 3.63) is 28.3 Å². The lowest BCUT2D eigenvalue weighted by atomic mass is 9.79. The number of fused-ring (bicyclic) bond motifs is 1. The zero-order valence-corrected chi connectivity index (χ0v) is 18.1. The van der Waals surface area contributed by atoms with Crippen LogP contribution in [0.25, 0.3) is 11.2 Å². The van der Waals surface area contributed by atoms with Crippen LogP contribution in [-0.2, 0) is 4.74 Å². The normalized spacial score (nSPS) is 27.0. The van der Waals surface area contributed by atoms with Crippen LogP contribution >= 0.6 is 12.4 Å². The number of aromatic nitrogens is 3. The van der Waals surface area contributed by atoms with E-state index in [9.17, 15) is 4.79 Å². The molecule has 7 heteroatoms. The Bertz CT molecular complexity index is 846. The van der Waals surface area contributed by atoms with E-state index in [0.29, 0.717) is 6.10 Å². The van der Waals surface area contributed by atoms with Gasteiger partial charge in [-0.25, -0.2) is 9.78 Å². The predicted octanol–water partition coefficient (Wildman–Crippen LogP) is 3.83. The number of aromatic amines is 1. The maximum atomic E-state index is 12.5. The molecule has 1 aliphatic heterocycles. The summed E-state index contributed by atoms with van der Waals surface area (Å²) in [4.78, 5) is 22.7. The summed E-state index contributed by atoms with van der Waals surface area (Å²) in [6.45, 7) is 9.41. The molecule has 2 fully saturated rings. The number of likely N-dealkylation sites (tertiary alicyclic amines) is 1. The Morgan fingerprint density at radius 1 is 1.25 bits per heavy atom. The first kappa shape index (κ1) is 21.3.